The summed E-state index contributed by atoms with van der Waals surface area (Å²) >= 11 is 0. The van der Waals surface area contributed by atoms with Crippen LogP contribution in [0.15, 0.2) is 24.3 Å². The zero-order chi connectivity index (χ0) is 15.9. The molecule has 1 aromatic rings. The molecule has 3 aliphatic rings. The second kappa shape index (κ2) is 5.80. The molecule has 0 N–H and O–H groups in total. The average molecular weight is 316 g/mol. The van der Waals surface area contributed by atoms with Crippen molar-refractivity contribution in [2.45, 2.75) is 38.0 Å². The average Bonchev–Trinajstić information content (AvgIpc) is 3.14. The number of benzene rings is 1. The second-order valence-electron chi connectivity index (χ2n) is 6.80. The fourth-order valence-corrected chi connectivity index (χ4v) is 4.00. The maximum Gasteiger partial charge on any atom is 0.242 e. The van der Waals surface area contributed by atoms with Crippen LogP contribution >= 0.6 is 0 Å². The van der Waals surface area contributed by atoms with Gasteiger partial charge in [-0.1, -0.05) is 18.2 Å². The summed E-state index contributed by atoms with van der Waals surface area (Å²) in [6.45, 7) is 5.46. The number of hydrogen-bond acceptors (Lipinski definition) is 4. The van der Waals surface area contributed by atoms with E-state index in [4.69, 9.17) is 9.47 Å². The van der Waals surface area contributed by atoms with Gasteiger partial charge < -0.3 is 19.3 Å². The minimum absolute atomic E-state index is 0.210. The molecule has 0 aromatic heterocycles. The normalized spacial score (nSPS) is 25.9. The lowest BCUT2D eigenvalue weighted by Crippen LogP contribution is -2.50. The van der Waals surface area contributed by atoms with Crippen LogP contribution < -0.4 is 4.90 Å². The number of rotatable bonds is 2. The van der Waals surface area contributed by atoms with E-state index in [-0.39, 0.29) is 5.91 Å². The number of fused-ring (bicyclic) bond motifs is 1. The minimum atomic E-state index is -0.412. The van der Waals surface area contributed by atoms with Gasteiger partial charge in [-0.25, -0.2) is 0 Å². The summed E-state index contributed by atoms with van der Waals surface area (Å²) in [6.07, 6.45) is 2.59. The van der Waals surface area contributed by atoms with Gasteiger partial charge >= 0.3 is 0 Å². The third-order valence-electron chi connectivity index (χ3n) is 5.35. The van der Waals surface area contributed by atoms with E-state index in [0.717, 1.165) is 32.4 Å². The molecular weight excluding hydrogens is 292 g/mol. The lowest BCUT2D eigenvalue weighted by atomic mass is 10.0. The van der Waals surface area contributed by atoms with Crippen molar-refractivity contribution in [3.05, 3.63) is 29.8 Å². The molecule has 5 nitrogen and oxygen atoms in total. The van der Waals surface area contributed by atoms with E-state index >= 15 is 0 Å². The number of para-hydroxylation sites is 1. The topological polar surface area (TPSA) is 42.0 Å². The molecule has 2 saturated heterocycles. The van der Waals surface area contributed by atoms with Crippen molar-refractivity contribution < 1.29 is 14.3 Å². The molecule has 4 rings (SSSR count). The van der Waals surface area contributed by atoms with Gasteiger partial charge in [-0.3, -0.25) is 4.79 Å². The number of carbonyl (C=O) groups excluding carboxylic acids is 1. The lowest BCUT2D eigenvalue weighted by molar-refractivity contribution is -0.187. The highest BCUT2D eigenvalue weighted by molar-refractivity contribution is 5.82. The van der Waals surface area contributed by atoms with Crippen molar-refractivity contribution in [3.8, 4) is 0 Å². The van der Waals surface area contributed by atoms with Gasteiger partial charge in [0.25, 0.3) is 0 Å². The molecule has 1 atom stereocenters. The summed E-state index contributed by atoms with van der Waals surface area (Å²) in [4.78, 5) is 16.9. The third-order valence-corrected chi connectivity index (χ3v) is 5.35. The number of hydrogen-bond donors (Lipinski definition) is 0. The fourth-order valence-electron chi connectivity index (χ4n) is 4.00. The second-order valence-corrected chi connectivity index (χ2v) is 6.80. The summed E-state index contributed by atoms with van der Waals surface area (Å²) in [5, 5.41) is 0. The molecule has 3 aliphatic heterocycles. The van der Waals surface area contributed by atoms with Crippen LogP contribution in [0.5, 0.6) is 0 Å². The zero-order valence-corrected chi connectivity index (χ0v) is 13.7. The summed E-state index contributed by atoms with van der Waals surface area (Å²) in [6, 6.07) is 8.79. The summed E-state index contributed by atoms with van der Waals surface area (Å²) in [5.41, 5.74) is 2.56. The van der Waals surface area contributed by atoms with Crippen molar-refractivity contribution in [1.29, 1.82) is 0 Å². The Labute approximate surface area is 137 Å². The van der Waals surface area contributed by atoms with Crippen LogP contribution in [0.25, 0.3) is 0 Å². The highest BCUT2D eigenvalue weighted by Crippen LogP contribution is 2.33. The van der Waals surface area contributed by atoms with E-state index in [2.05, 4.69) is 30.0 Å². The van der Waals surface area contributed by atoms with Crippen LogP contribution in [0.1, 0.15) is 25.3 Å². The Morgan fingerprint density at radius 3 is 2.65 bits per heavy atom. The van der Waals surface area contributed by atoms with E-state index in [9.17, 15) is 4.79 Å². The Bertz CT molecular complexity index is 588. The van der Waals surface area contributed by atoms with Gasteiger partial charge in [0.15, 0.2) is 5.79 Å². The maximum absolute atomic E-state index is 12.7. The van der Waals surface area contributed by atoms with E-state index in [1.807, 2.05) is 11.0 Å². The van der Waals surface area contributed by atoms with Gasteiger partial charge in [0.1, 0.15) is 0 Å². The molecule has 1 amide bonds. The first-order chi connectivity index (χ1) is 11.2. The largest absolute Gasteiger partial charge is 0.359 e. The summed E-state index contributed by atoms with van der Waals surface area (Å²) in [7, 11) is 0. The molecule has 2 fully saturated rings. The number of carbonyl (C=O) groups is 1. The number of anilines is 1. The number of nitrogens with zero attached hydrogens (tertiary/aromatic N) is 2. The SMILES string of the molecule is C[C@@H]1Cc2ccccc2N1CC(=O)N1CCC2(CC1)OCCO2. The first-order valence-corrected chi connectivity index (χ1v) is 8.57. The first kappa shape index (κ1) is 15.0. The van der Waals surface area contributed by atoms with Gasteiger partial charge in [-0.2, -0.15) is 0 Å². The molecule has 0 radical (unpaired) electrons. The molecule has 23 heavy (non-hydrogen) atoms. The summed E-state index contributed by atoms with van der Waals surface area (Å²) in [5.74, 6) is -0.203. The molecule has 0 aliphatic carbocycles. The van der Waals surface area contributed by atoms with Crippen LogP contribution in [0.3, 0.4) is 0 Å². The van der Waals surface area contributed by atoms with Gasteiger partial charge in [0.2, 0.25) is 5.91 Å². The predicted molar refractivity (Wildman–Crippen MR) is 87.4 cm³/mol. The Kier molecular flexibility index (Phi) is 3.77. The lowest BCUT2D eigenvalue weighted by Gasteiger charge is -2.38. The van der Waals surface area contributed by atoms with Crippen molar-refractivity contribution in [1.82, 2.24) is 4.90 Å². The number of likely N-dealkylation sites (tertiary alicyclic amines) is 1. The van der Waals surface area contributed by atoms with E-state index < -0.39 is 5.79 Å². The molecule has 5 heteroatoms. The smallest absolute Gasteiger partial charge is 0.242 e. The van der Waals surface area contributed by atoms with Gasteiger partial charge in [0, 0.05) is 37.7 Å². The highest BCUT2D eigenvalue weighted by Gasteiger charge is 2.41. The molecule has 1 aromatic carbocycles. The monoisotopic (exact) mass is 316 g/mol. The van der Waals surface area contributed by atoms with Crippen LogP contribution in [0.2, 0.25) is 0 Å². The highest BCUT2D eigenvalue weighted by atomic mass is 16.7. The maximum atomic E-state index is 12.7. The van der Waals surface area contributed by atoms with Crippen LogP contribution in [-0.4, -0.2) is 55.5 Å². The fraction of sp³-hybridized carbons (Fsp3) is 0.611. The molecule has 1 spiro atoms. The Balaban J connectivity index is 1.39. The molecular formula is C18H24N2O3. The van der Waals surface area contributed by atoms with Gasteiger partial charge in [-0.05, 0) is 25.0 Å². The first-order valence-electron chi connectivity index (χ1n) is 8.57. The molecule has 3 heterocycles. The van der Waals surface area contributed by atoms with Crippen LogP contribution in [0.4, 0.5) is 5.69 Å². The third kappa shape index (κ3) is 2.72. The Morgan fingerprint density at radius 2 is 1.91 bits per heavy atom. The number of ether oxygens (including phenoxy) is 2. The van der Waals surface area contributed by atoms with Crippen molar-refractivity contribution >= 4 is 11.6 Å². The van der Waals surface area contributed by atoms with Crippen molar-refractivity contribution in [2.75, 3.05) is 37.7 Å². The van der Waals surface area contributed by atoms with E-state index in [1.165, 1.54) is 11.3 Å². The van der Waals surface area contributed by atoms with Gasteiger partial charge in [-0.15, -0.1) is 0 Å². The van der Waals surface area contributed by atoms with E-state index in [1.54, 1.807) is 0 Å². The molecule has 0 bridgehead atoms. The molecule has 0 saturated carbocycles. The zero-order valence-electron chi connectivity index (χ0n) is 13.7. The standard InChI is InChI=1S/C18H24N2O3/c1-14-12-15-4-2-3-5-16(15)20(14)13-17(21)19-8-6-18(7-9-19)22-10-11-23-18/h2-5,14H,6-13H2,1H3/t14-/m1/s1. The van der Waals surface area contributed by atoms with Crippen LogP contribution in [0, 0.1) is 0 Å². The molecule has 0 unspecified atom stereocenters. The van der Waals surface area contributed by atoms with Crippen molar-refractivity contribution in [3.63, 3.8) is 0 Å². The quantitative estimate of drug-likeness (QED) is 0.834. The number of piperidine rings is 1. The molecule has 124 valence electrons. The van der Waals surface area contributed by atoms with E-state index in [0.29, 0.717) is 25.8 Å². The minimum Gasteiger partial charge on any atom is -0.359 e. The number of amides is 1. The Morgan fingerprint density at radius 1 is 1.22 bits per heavy atom. The van der Waals surface area contributed by atoms with Crippen molar-refractivity contribution in [2.24, 2.45) is 0 Å². The Hall–Kier alpha value is -1.59. The summed E-state index contributed by atoms with van der Waals surface area (Å²) < 4.78 is 11.5. The predicted octanol–water partition coefficient (Wildman–Crippen LogP) is 1.80. The van der Waals surface area contributed by atoms with Crippen LogP contribution in [-0.2, 0) is 20.7 Å². The van der Waals surface area contributed by atoms with Gasteiger partial charge in [0.05, 0.1) is 19.8 Å².